The maximum atomic E-state index is 2.31. The molecule has 1 heteroatoms. The fourth-order valence-electron chi connectivity index (χ4n) is 3.75. The maximum Gasteiger partial charge on any atom is 0.0201 e. The fourth-order valence-corrected chi connectivity index (χ4v) is 4.82. The molecule has 0 fully saturated rings. The second-order valence-electron chi connectivity index (χ2n) is 7.14. The van der Waals surface area contributed by atoms with Crippen LogP contribution in [0.5, 0.6) is 0 Å². The first-order chi connectivity index (χ1) is 13.8. The Morgan fingerprint density at radius 3 is 2.18 bits per heavy atom. The summed E-state index contributed by atoms with van der Waals surface area (Å²) in [5.41, 5.74) is 8.92. The van der Waals surface area contributed by atoms with Crippen LogP contribution in [0.4, 0.5) is 0 Å². The van der Waals surface area contributed by atoms with Crippen molar-refractivity contribution in [1.29, 1.82) is 0 Å². The van der Waals surface area contributed by atoms with Gasteiger partial charge in [0.05, 0.1) is 0 Å². The van der Waals surface area contributed by atoms with Crippen LogP contribution in [-0.2, 0) is 0 Å². The molecule has 0 saturated heterocycles. The van der Waals surface area contributed by atoms with Gasteiger partial charge in [0.1, 0.15) is 0 Å². The largest absolute Gasteiger partial charge is 0.0888 e. The van der Waals surface area contributed by atoms with E-state index in [-0.39, 0.29) is 0 Å². The van der Waals surface area contributed by atoms with Gasteiger partial charge in [-0.25, -0.2) is 0 Å². The molecule has 0 bridgehead atoms. The van der Waals surface area contributed by atoms with Crippen molar-refractivity contribution in [2.75, 3.05) is 0 Å². The van der Waals surface area contributed by atoms with Crippen molar-refractivity contribution in [3.05, 3.63) is 108 Å². The molecule has 0 N–H and O–H groups in total. The Morgan fingerprint density at radius 2 is 1.29 bits per heavy atom. The maximum absolute atomic E-state index is 2.31. The van der Waals surface area contributed by atoms with Crippen LogP contribution >= 0.6 is 11.8 Å². The number of rotatable bonds is 2. The van der Waals surface area contributed by atoms with Gasteiger partial charge in [0.25, 0.3) is 0 Å². The van der Waals surface area contributed by atoms with Gasteiger partial charge in [0, 0.05) is 9.79 Å². The highest BCUT2D eigenvalue weighted by molar-refractivity contribution is 7.99. The second kappa shape index (κ2) is 7.18. The van der Waals surface area contributed by atoms with Gasteiger partial charge in [-0.05, 0) is 58.5 Å². The molecule has 4 aromatic carbocycles. The van der Waals surface area contributed by atoms with E-state index in [9.17, 15) is 0 Å². The van der Waals surface area contributed by atoms with E-state index < -0.39 is 0 Å². The number of aryl methyl sites for hydroxylation is 1. The SMILES string of the molecule is Cc1cccc(-c2cccc(-c3cccc4c3C=Cc3ccccc3S4)c2)c1. The second-order valence-corrected chi connectivity index (χ2v) is 8.22. The van der Waals surface area contributed by atoms with E-state index >= 15 is 0 Å². The van der Waals surface area contributed by atoms with Crippen LogP contribution < -0.4 is 0 Å². The molecule has 4 aromatic rings. The fraction of sp³-hybridized carbons (Fsp3) is 0.0370. The minimum Gasteiger partial charge on any atom is -0.0888 e. The summed E-state index contributed by atoms with van der Waals surface area (Å²) in [7, 11) is 0. The lowest BCUT2D eigenvalue weighted by atomic mass is 9.95. The normalized spacial score (nSPS) is 12.2. The van der Waals surface area contributed by atoms with E-state index in [1.54, 1.807) is 0 Å². The zero-order valence-corrected chi connectivity index (χ0v) is 16.5. The van der Waals surface area contributed by atoms with Crippen molar-refractivity contribution >= 4 is 23.9 Å². The highest BCUT2D eigenvalue weighted by Crippen LogP contribution is 2.41. The molecule has 0 unspecified atom stereocenters. The first kappa shape index (κ1) is 17.1. The number of hydrogen-bond acceptors (Lipinski definition) is 1. The predicted octanol–water partition coefficient (Wildman–Crippen LogP) is 7.96. The Kier molecular flexibility index (Phi) is 4.38. The van der Waals surface area contributed by atoms with Crippen molar-refractivity contribution in [2.45, 2.75) is 16.7 Å². The summed E-state index contributed by atoms with van der Waals surface area (Å²) in [6.07, 6.45) is 4.50. The molecule has 0 aromatic heterocycles. The number of benzene rings is 4. The van der Waals surface area contributed by atoms with Crippen LogP contribution in [0.2, 0.25) is 0 Å². The lowest BCUT2D eigenvalue weighted by molar-refractivity contribution is 1.38. The number of hydrogen-bond donors (Lipinski definition) is 0. The third kappa shape index (κ3) is 3.19. The molecule has 28 heavy (non-hydrogen) atoms. The predicted molar refractivity (Wildman–Crippen MR) is 122 cm³/mol. The molecule has 0 aliphatic carbocycles. The average Bonchev–Trinajstić information content (AvgIpc) is 2.93. The molecule has 0 radical (unpaired) electrons. The third-order valence-electron chi connectivity index (χ3n) is 5.16. The quantitative estimate of drug-likeness (QED) is 0.301. The zero-order valence-electron chi connectivity index (χ0n) is 15.7. The van der Waals surface area contributed by atoms with Gasteiger partial charge in [0.2, 0.25) is 0 Å². The van der Waals surface area contributed by atoms with Crippen molar-refractivity contribution in [3.8, 4) is 22.3 Å². The molecular weight excluding hydrogens is 356 g/mol. The van der Waals surface area contributed by atoms with Crippen LogP contribution in [0, 0.1) is 6.92 Å². The Morgan fingerprint density at radius 1 is 0.571 bits per heavy atom. The van der Waals surface area contributed by atoms with Gasteiger partial charge < -0.3 is 0 Å². The summed E-state index contributed by atoms with van der Waals surface area (Å²) in [6, 6.07) is 32.8. The smallest absolute Gasteiger partial charge is 0.0201 e. The zero-order chi connectivity index (χ0) is 18.9. The summed E-state index contributed by atoms with van der Waals surface area (Å²) in [5, 5.41) is 0. The summed E-state index contributed by atoms with van der Waals surface area (Å²) in [6.45, 7) is 2.14. The minimum absolute atomic E-state index is 1.26. The lowest BCUT2D eigenvalue weighted by Gasteiger charge is -2.12. The van der Waals surface area contributed by atoms with E-state index in [4.69, 9.17) is 0 Å². The lowest BCUT2D eigenvalue weighted by Crippen LogP contribution is -1.87. The Hall–Kier alpha value is -3.03. The van der Waals surface area contributed by atoms with E-state index in [2.05, 4.69) is 110 Å². The summed E-state index contributed by atoms with van der Waals surface area (Å²) >= 11 is 1.85. The molecule has 5 rings (SSSR count). The standard InChI is InChI=1S/C27H20S/c1-19-7-4-9-21(17-19)22-10-5-11-23(18-22)24-12-6-14-27-25(24)16-15-20-8-2-3-13-26(20)28-27/h2-18H,1H3. The molecule has 1 aliphatic heterocycles. The van der Waals surface area contributed by atoms with E-state index in [0.29, 0.717) is 0 Å². The molecule has 0 spiro atoms. The molecule has 0 amide bonds. The van der Waals surface area contributed by atoms with Crippen molar-refractivity contribution in [1.82, 2.24) is 0 Å². The summed E-state index contributed by atoms with van der Waals surface area (Å²) < 4.78 is 0. The van der Waals surface area contributed by atoms with E-state index in [1.165, 1.54) is 48.7 Å². The van der Waals surface area contributed by atoms with Gasteiger partial charge >= 0.3 is 0 Å². The van der Waals surface area contributed by atoms with Crippen LogP contribution in [-0.4, -0.2) is 0 Å². The van der Waals surface area contributed by atoms with Gasteiger partial charge in [0.15, 0.2) is 0 Å². The van der Waals surface area contributed by atoms with Gasteiger partial charge in [-0.3, -0.25) is 0 Å². The van der Waals surface area contributed by atoms with Crippen molar-refractivity contribution in [2.24, 2.45) is 0 Å². The highest BCUT2D eigenvalue weighted by Gasteiger charge is 2.14. The van der Waals surface area contributed by atoms with Crippen LogP contribution in [0.15, 0.2) is 101 Å². The van der Waals surface area contributed by atoms with Crippen LogP contribution in [0.3, 0.4) is 0 Å². The van der Waals surface area contributed by atoms with Crippen LogP contribution in [0.1, 0.15) is 16.7 Å². The third-order valence-corrected chi connectivity index (χ3v) is 6.33. The summed E-state index contributed by atoms with van der Waals surface area (Å²) in [4.78, 5) is 2.61. The van der Waals surface area contributed by atoms with Gasteiger partial charge in [-0.1, -0.05) is 102 Å². The van der Waals surface area contributed by atoms with Crippen LogP contribution in [0.25, 0.3) is 34.4 Å². The van der Waals surface area contributed by atoms with Crippen molar-refractivity contribution < 1.29 is 0 Å². The molecule has 1 aliphatic rings. The molecule has 0 saturated carbocycles. The minimum atomic E-state index is 1.26. The topological polar surface area (TPSA) is 0 Å². The Balaban J connectivity index is 1.62. The molecular formula is C27H20S. The monoisotopic (exact) mass is 376 g/mol. The van der Waals surface area contributed by atoms with Crippen molar-refractivity contribution in [3.63, 3.8) is 0 Å². The average molecular weight is 377 g/mol. The van der Waals surface area contributed by atoms with Gasteiger partial charge in [-0.2, -0.15) is 0 Å². The summed E-state index contributed by atoms with van der Waals surface area (Å²) in [5.74, 6) is 0. The Labute approximate surface area is 170 Å². The Bertz CT molecular complexity index is 1200. The first-order valence-electron chi connectivity index (χ1n) is 9.53. The molecule has 1 heterocycles. The van der Waals surface area contributed by atoms with E-state index in [0.717, 1.165) is 0 Å². The first-order valence-corrected chi connectivity index (χ1v) is 10.3. The van der Waals surface area contributed by atoms with E-state index in [1.807, 2.05) is 11.8 Å². The number of fused-ring (bicyclic) bond motifs is 2. The molecule has 0 atom stereocenters. The molecule has 0 nitrogen and oxygen atoms in total. The van der Waals surface area contributed by atoms with Gasteiger partial charge in [-0.15, -0.1) is 0 Å². The highest BCUT2D eigenvalue weighted by atomic mass is 32.2. The molecule has 134 valence electrons.